The number of aliphatic hydroxyl groups is 2. The molecule has 1 saturated carbocycles. The van der Waals surface area contributed by atoms with Crippen LogP contribution < -0.4 is 24.3 Å². The number of fused-ring (bicyclic) bond motifs is 3. The van der Waals surface area contributed by atoms with Crippen molar-refractivity contribution in [3.05, 3.63) is 77.4 Å². The van der Waals surface area contributed by atoms with Crippen LogP contribution in [0.1, 0.15) is 22.6 Å². The van der Waals surface area contributed by atoms with Crippen LogP contribution in [0.2, 0.25) is 0 Å². The number of amides is 1. The molecule has 9 heteroatoms. The molecule has 37 heavy (non-hydrogen) atoms. The van der Waals surface area contributed by atoms with E-state index in [4.69, 9.17) is 18.9 Å². The van der Waals surface area contributed by atoms with Gasteiger partial charge < -0.3 is 39.6 Å². The van der Waals surface area contributed by atoms with Gasteiger partial charge in [0.25, 0.3) is 0 Å². The third-order valence-electron chi connectivity index (χ3n) is 7.59. The van der Waals surface area contributed by atoms with Crippen LogP contribution in [0.4, 0.5) is 0 Å². The number of aromatic hydroxyl groups is 1. The molecular formula is C28H29NO8. The predicted octanol–water partition coefficient (Wildman–Crippen LogP) is 2.41. The molecule has 1 aliphatic heterocycles. The van der Waals surface area contributed by atoms with Crippen molar-refractivity contribution in [1.82, 2.24) is 5.32 Å². The standard InChI is InChI=1S/C28H29NO8/c1-29-26(32)22-23(15-8-6-5-7-9-15)28(16-10-11-19(35-3)18(30)12-16)27(33,25(22)31)24-20(36-4)13-17(34-2)14-21(24)37-28/h5-14,22-23,25,30-31,33H,1-4H3,(H,29,32)/t22-,23?,25-,27-,28-/m0/s1. The Kier molecular flexibility index (Phi) is 5.92. The molecular weight excluding hydrogens is 478 g/mol. The van der Waals surface area contributed by atoms with Gasteiger partial charge in [0.15, 0.2) is 22.7 Å². The molecule has 9 nitrogen and oxygen atoms in total. The van der Waals surface area contributed by atoms with Gasteiger partial charge in [-0.1, -0.05) is 36.4 Å². The lowest BCUT2D eigenvalue weighted by Gasteiger charge is -2.41. The number of aliphatic hydroxyl groups excluding tert-OH is 1. The van der Waals surface area contributed by atoms with Gasteiger partial charge >= 0.3 is 0 Å². The van der Waals surface area contributed by atoms with Crippen molar-refractivity contribution in [3.8, 4) is 28.7 Å². The van der Waals surface area contributed by atoms with Crippen LogP contribution in [0.3, 0.4) is 0 Å². The Balaban J connectivity index is 1.90. The first-order valence-corrected chi connectivity index (χ1v) is 11.8. The number of hydrogen-bond donors (Lipinski definition) is 4. The number of carbonyl (C=O) groups excluding carboxylic acids is 1. The number of benzene rings is 3. The monoisotopic (exact) mass is 507 g/mol. The van der Waals surface area contributed by atoms with E-state index in [1.165, 1.54) is 34.4 Å². The Morgan fingerprint density at radius 2 is 1.68 bits per heavy atom. The van der Waals surface area contributed by atoms with Gasteiger partial charge in [-0.3, -0.25) is 4.79 Å². The molecule has 1 amide bonds. The van der Waals surface area contributed by atoms with Gasteiger partial charge in [0.2, 0.25) is 5.91 Å². The first-order chi connectivity index (χ1) is 17.8. The number of carbonyl (C=O) groups is 1. The van der Waals surface area contributed by atoms with Gasteiger partial charge in [-0.05, 0) is 17.7 Å². The minimum atomic E-state index is -2.17. The zero-order valence-corrected chi connectivity index (χ0v) is 20.9. The molecule has 2 aliphatic rings. The number of nitrogens with one attached hydrogen (secondary N) is 1. The van der Waals surface area contributed by atoms with Gasteiger partial charge in [-0.2, -0.15) is 0 Å². The van der Waals surface area contributed by atoms with Crippen LogP contribution in [-0.4, -0.2) is 55.7 Å². The van der Waals surface area contributed by atoms with E-state index in [9.17, 15) is 20.1 Å². The van der Waals surface area contributed by atoms with Crippen molar-refractivity contribution in [2.24, 2.45) is 5.92 Å². The second-order valence-corrected chi connectivity index (χ2v) is 9.17. The zero-order chi connectivity index (χ0) is 26.5. The fraction of sp³-hybridized carbons (Fsp3) is 0.321. The fourth-order valence-corrected chi connectivity index (χ4v) is 6.04. The highest BCUT2D eigenvalue weighted by molar-refractivity contribution is 5.83. The number of ether oxygens (including phenoxy) is 4. The minimum absolute atomic E-state index is 0.186. The van der Waals surface area contributed by atoms with Gasteiger partial charge in [-0.15, -0.1) is 0 Å². The van der Waals surface area contributed by atoms with Crippen molar-refractivity contribution in [1.29, 1.82) is 0 Å². The molecule has 1 heterocycles. The summed E-state index contributed by atoms with van der Waals surface area (Å²) in [5.74, 6) is -1.59. The summed E-state index contributed by atoms with van der Waals surface area (Å²) in [5, 5.41) is 38.0. The lowest BCUT2D eigenvalue weighted by molar-refractivity contribution is -0.154. The SMILES string of the molecule is CNC(=O)[C@H]1C(c2ccccc2)[C@]2(c3ccc(OC)c(O)c3)Oc3cc(OC)cc(OC)c3[C@]2(O)[C@H]1O. The van der Waals surface area contributed by atoms with Crippen LogP contribution in [0.15, 0.2) is 60.7 Å². The molecule has 3 aromatic carbocycles. The Bertz CT molecular complexity index is 1350. The van der Waals surface area contributed by atoms with E-state index in [2.05, 4.69) is 5.32 Å². The highest BCUT2D eigenvalue weighted by atomic mass is 16.5. The predicted molar refractivity (Wildman–Crippen MR) is 133 cm³/mol. The summed E-state index contributed by atoms with van der Waals surface area (Å²) in [5.41, 5.74) is -2.74. The summed E-state index contributed by atoms with van der Waals surface area (Å²) in [7, 11) is 5.83. The summed E-state index contributed by atoms with van der Waals surface area (Å²) < 4.78 is 23.0. The van der Waals surface area contributed by atoms with Crippen molar-refractivity contribution >= 4 is 5.91 Å². The molecule has 0 bridgehead atoms. The molecule has 3 aromatic rings. The Morgan fingerprint density at radius 1 is 0.973 bits per heavy atom. The van der Waals surface area contributed by atoms with E-state index in [0.29, 0.717) is 16.9 Å². The number of rotatable bonds is 6. The second kappa shape index (κ2) is 8.86. The molecule has 1 fully saturated rings. The Hall–Kier alpha value is -3.95. The molecule has 0 saturated heterocycles. The van der Waals surface area contributed by atoms with Crippen LogP contribution in [0.25, 0.3) is 0 Å². The maximum atomic E-state index is 13.3. The minimum Gasteiger partial charge on any atom is -0.504 e. The number of hydrogen-bond acceptors (Lipinski definition) is 8. The van der Waals surface area contributed by atoms with Crippen molar-refractivity contribution in [3.63, 3.8) is 0 Å². The molecule has 5 atom stereocenters. The normalized spacial score (nSPS) is 27.6. The average molecular weight is 508 g/mol. The topological polar surface area (TPSA) is 127 Å². The number of phenolic OH excluding ortho intramolecular Hbond substituents is 1. The lowest BCUT2D eigenvalue weighted by Crippen LogP contribution is -2.52. The summed E-state index contributed by atoms with van der Waals surface area (Å²) in [6, 6.07) is 16.9. The van der Waals surface area contributed by atoms with Crippen LogP contribution >= 0.6 is 0 Å². The average Bonchev–Trinajstić information content (AvgIpc) is 3.30. The molecule has 4 N–H and O–H groups in total. The Morgan fingerprint density at radius 3 is 2.27 bits per heavy atom. The Labute approximate surface area is 214 Å². The molecule has 1 unspecified atom stereocenters. The van der Waals surface area contributed by atoms with Gasteiger partial charge in [-0.25, -0.2) is 0 Å². The van der Waals surface area contributed by atoms with Crippen LogP contribution in [0, 0.1) is 5.92 Å². The molecule has 0 aromatic heterocycles. The second-order valence-electron chi connectivity index (χ2n) is 9.17. The smallest absolute Gasteiger partial charge is 0.226 e. The van der Waals surface area contributed by atoms with Crippen molar-refractivity contribution in [2.75, 3.05) is 28.4 Å². The third kappa shape index (κ3) is 3.20. The number of methoxy groups -OCH3 is 3. The van der Waals surface area contributed by atoms with Gasteiger partial charge in [0.1, 0.15) is 23.4 Å². The maximum absolute atomic E-state index is 13.3. The zero-order valence-electron chi connectivity index (χ0n) is 20.9. The van der Waals surface area contributed by atoms with E-state index >= 15 is 0 Å². The van der Waals surface area contributed by atoms with Gasteiger partial charge in [0, 0.05) is 30.7 Å². The molecule has 1 aliphatic carbocycles. The number of phenols is 1. The summed E-state index contributed by atoms with van der Waals surface area (Å²) >= 11 is 0. The first kappa shape index (κ1) is 24.7. The molecule has 5 rings (SSSR count). The summed E-state index contributed by atoms with van der Waals surface area (Å²) in [6.45, 7) is 0. The van der Waals surface area contributed by atoms with E-state index in [1.807, 2.05) is 30.3 Å². The van der Waals surface area contributed by atoms with E-state index in [-0.39, 0.29) is 28.6 Å². The third-order valence-corrected chi connectivity index (χ3v) is 7.59. The van der Waals surface area contributed by atoms with Crippen LogP contribution in [0.5, 0.6) is 28.7 Å². The van der Waals surface area contributed by atoms with Crippen molar-refractivity contribution in [2.45, 2.75) is 23.2 Å². The highest BCUT2D eigenvalue weighted by Gasteiger charge is 2.78. The molecule has 0 spiro atoms. The first-order valence-electron chi connectivity index (χ1n) is 11.8. The highest BCUT2D eigenvalue weighted by Crippen LogP contribution is 2.70. The van der Waals surface area contributed by atoms with Crippen LogP contribution in [-0.2, 0) is 16.0 Å². The quantitative estimate of drug-likeness (QED) is 0.401. The largest absolute Gasteiger partial charge is 0.504 e. The molecule has 194 valence electrons. The fourth-order valence-electron chi connectivity index (χ4n) is 6.04. The van der Waals surface area contributed by atoms with E-state index < -0.39 is 35.0 Å². The van der Waals surface area contributed by atoms with E-state index in [0.717, 1.165) is 0 Å². The van der Waals surface area contributed by atoms with E-state index in [1.54, 1.807) is 24.3 Å². The van der Waals surface area contributed by atoms with Gasteiger partial charge in [0.05, 0.1) is 32.8 Å². The summed E-state index contributed by atoms with van der Waals surface area (Å²) in [6.07, 6.45) is -1.62. The molecule has 0 radical (unpaired) electrons. The maximum Gasteiger partial charge on any atom is 0.226 e. The lowest BCUT2D eigenvalue weighted by atomic mass is 9.70. The summed E-state index contributed by atoms with van der Waals surface area (Å²) in [4.78, 5) is 13.3. The van der Waals surface area contributed by atoms with Crippen molar-refractivity contribution < 1.29 is 39.1 Å².